The van der Waals surface area contributed by atoms with Crippen LogP contribution in [0.2, 0.25) is 0 Å². The third-order valence-electron chi connectivity index (χ3n) is 1.29. The molecular weight excluding hydrogens is 152 g/mol. The number of nitriles is 2. The molecule has 0 saturated heterocycles. The van der Waals surface area contributed by atoms with E-state index in [-0.39, 0.29) is 5.57 Å². The molecule has 0 amide bonds. The zero-order chi connectivity index (χ0) is 9.23. The summed E-state index contributed by atoms with van der Waals surface area (Å²) >= 11 is 0. The van der Waals surface area contributed by atoms with Crippen LogP contribution in [0.15, 0.2) is 11.6 Å². The monoisotopic (exact) mass is 164 g/mol. The SMILES string of the molecule is CCOCCCC=C(C#N)C#N. The Bertz CT molecular complexity index is 204. The molecule has 0 radical (unpaired) electrons. The molecule has 0 spiro atoms. The highest BCUT2D eigenvalue weighted by molar-refractivity contribution is 5.34. The molecule has 0 bridgehead atoms. The lowest BCUT2D eigenvalue weighted by Gasteiger charge is -1.96. The Kier molecular flexibility index (Phi) is 6.93. The minimum Gasteiger partial charge on any atom is -0.382 e. The zero-order valence-corrected chi connectivity index (χ0v) is 7.21. The van der Waals surface area contributed by atoms with Crippen molar-refractivity contribution in [3.8, 4) is 12.1 Å². The Morgan fingerprint density at radius 2 is 2.08 bits per heavy atom. The average Bonchev–Trinajstić information content (AvgIpc) is 2.11. The smallest absolute Gasteiger partial charge is 0.125 e. The summed E-state index contributed by atoms with van der Waals surface area (Å²) in [5.74, 6) is 0. The van der Waals surface area contributed by atoms with E-state index in [0.29, 0.717) is 13.2 Å². The molecule has 0 unspecified atom stereocenters. The Morgan fingerprint density at radius 1 is 1.42 bits per heavy atom. The molecule has 12 heavy (non-hydrogen) atoms. The summed E-state index contributed by atoms with van der Waals surface area (Å²) in [6.45, 7) is 3.34. The fourth-order valence-corrected chi connectivity index (χ4v) is 0.692. The van der Waals surface area contributed by atoms with E-state index in [4.69, 9.17) is 15.3 Å². The Labute approximate surface area is 72.9 Å². The van der Waals surface area contributed by atoms with Crippen molar-refractivity contribution in [1.82, 2.24) is 0 Å². The van der Waals surface area contributed by atoms with Crippen LogP contribution in [-0.4, -0.2) is 13.2 Å². The van der Waals surface area contributed by atoms with Crippen molar-refractivity contribution >= 4 is 0 Å². The maximum atomic E-state index is 8.36. The summed E-state index contributed by atoms with van der Waals surface area (Å²) in [5, 5.41) is 16.7. The fourth-order valence-electron chi connectivity index (χ4n) is 0.692. The highest BCUT2D eigenvalue weighted by Crippen LogP contribution is 1.97. The molecule has 0 fully saturated rings. The van der Waals surface area contributed by atoms with Gasteiger partial charge in [0.05, 0.1) is 0 Å². The molecule has 3 nitrogen and oxygen atoms in total. The first kappa shape index (κ1) is 10.7. The van der Waals surface area contributed by atoms with Crippen LogP contribution in [0.4, 0.5) is 0 Å². The first-order chi connectivity index (χ1) is 5.85. The Morgan fingerprint density at radius 3 is 2.58 bits per heavy atom. The predicted molar refractivity (Wildman–Crippen MR) is 45.0 cm³/mol. The van der Waals surface area contributed by atoms with Gasteiger partial charge < -0.3 is 4.74 Å². The molecule has 0 saturated carbocycles. The molecule has 3 heteroatoms. The highest BCUT2D eigenvalue weighted by atomic mass is 16.5. The second-order valence-electron chi connectivity index (χ2n) is 2.18. The molecule has 0 aromatic rings. The standard InChI is InChI=1S/C9H12N2O/c1-2-12-6-4-3-5-9(7-10)8-11/h5H,2-4,6H2,1H3. The van der Waals surface area contributed by atoms with E-state index >= 15 is 0 Å². The lowest BCUT2D eigenvalue weighted by atomic mass is 10.2. The molecule has 0 aliphatic heterocycles. The van der Waals surface area contributed by atoms with E-state index in [0.717, 1.165) is 12.8 Å². The number of nitrogens with zero attached hydrogens (tertiary/aromatic N) is 2. The number of rotatable bonds is 5. The molecule has 0 N–H and O–H groups in total. The van der Waals surface area contributed by atoms with Crippen molar-refractivity contribution in [2.45, 2.75) is 19.8 Å². The van der Waals surface area contributed by atoms with Crippen molar-refractivity contribution in [1.29, 1.82) is 10.5 Å². The molecule has 0 aromatic heterocycles. The summed E-state index contributed by atoms with van der Waals surface area (Å²) in [7, 11) is 0. The summed E-state index contributed by atoms with van der Waals surface area (Å²) in [6.07, 6.45) is 3.23. The second-order valence-corrected chi connectivity index (χ2v) is 2.18. The number of hydrogen-bond acceptors (Lipinski definition) is 3. The van der Waals surface area contributed by atoms with Gasteiger partial charge in [-0.1, -0.05) is 6.08 Å². The third kappa shape index (κ3) is 5.46. The average molecular weight is 164 g/mol. The number of allylic oxidation sites excluding steroid dienone is 2. The Hall–Kier alpha value is -1.32. The summed E-state index contributed by atoms with van der Waals surface area (Å²) in [5.41, 5.74) is 0.187. The molecular formula is C9H12N2O. The van der Waals surface area contributed by atoms with Gasteiger partial charge >= 0.3 is 0 Å². The van der Waals surface area contributed by atoms with Crippen LogP contribution in [0.1, 0.15) is 19.8 Å². The normalized spacial score (nSPS) is 8.25. The highest BCUT2D eigenvalue weighted by Gasteiger charge is 1.90. The van der Waals surface area contributed by atoms with E-state index in [1.807, 2.05) is 6.92 Å². The third-order valence-corrected chi connectivity index (χ3v) is 1.29. The van der Waals surface area contributed by atoms with E-state index in [1.54, 1.807) is 18.2 Å². The minimum atomic E-state index is 0.187. The van der Waals surface area contributed by atoms with Gasteiger partial charge in [-0.15, -0.1) is 0 Å². The van der Waals surface area contributed by atoms with Gasteiger partial charge in [-0.3, -0.25) is 0 Å². The first-order valence-corrected chi connectivity index (χ1v) is 3.93. The van der Waals surface area contributed by atoms with Crippen LogP contribution < -0.4 is 0 Å². The molecule has 0 aliphatic rings. The molecule has 0 aliphatic carbocycles. The maximum absolute atomic E-state index is 8.36. The maximum Gasteiger partial charge on any atom is 0.125 e. The quantitative estimate of drug-likeness (QED) is 0.459. The van der Waals surface area contributed by atoms with Gasteiger partial charge in [0.15, 0.2) is 0 Å². The molecule has 0 heterocycles. The molecule has 0 atom stereocenters. The van der Waals surface area contributed by atoms with Crippen molar-refractivity contribution in [3.05, 3.63) is 11.6 Å². The molecule has 64 valence electrons. The first-order valence-electron chi connectivity index (χ1n) is 3.93. The predicted octanol–water partition coefficient (Wildman–Crippen LogP) is 1.78. The molecule has 0 rings (SSSR count). The van der Waals surface area contributed by atoms with Crippen LogP contribution in [0.5, 0.6) is 0 Å². The van der Waals surface area contributed by atoms with Crippen LogP contribution in [0, 0.1) is 22.7 Å². The van der Waals surface area contributed by atoms with E-state index in [2.05, 4.69) is 0 Å². The topological polar surface area (TPSA) is 56.8 Å². The number of hydrogen-bond donors (Lipinski definition) is 0. The van der Waals surface area contributed by atoms with Crippen molar-refractivity contribution < 1.29 is 4.74 Å². The molecule has 0 aromatic carbocycles. The van der Waals surface area contributed by atoms with Crippen LogP contribution in [0.25, 0.3) is 0 Å². The second kappa shape index (κ2) is 7.78. The fraction of sp³-hybridized carbons (Fsp3) is 0.556. The van der Waals surface area contributed by atoms with Gasteiger partial charge in [-0.25, -0.2) is 0 Å². The van der Waals surface area contributed by atoms with Crippen molar-refractivity contribution in [2.75, 3.05) is 13.2 Å². The lowest BCUT2D eigenvalue weighted by Crippen LogP contribution is -1.91. The number of ether oxygens (including phenoxy) is 1. The van der Waals surface area contributed by atoms with Crippen LogP contribution >= 0.6 is 0 Å². The van der Waals surface area contributed by atoms with Gasteiger partial charge in [0, 0.05) is 13.2 Å². The Balaban J connectivity index is 3.48. The van der Waals surface area contributed by atoms with E-state index in [1.165, 1.54) is 0 Å². The minimum absolute atomic E-state index is 0.187. The summed E-state index contributed by atoms with van der Waals surface area (Å²) < 4.78 is 5.09. The van der Waals surface area contributed by atoms with Crippen LogP contribution in [0.3, 0.4) is 0 Å². The number of unbranched alkanes of at least 4 members (excludes halogenated alkanes) is 1. The largest absolute Gasteiger partial charge is 0.382 e. The zero-order valence-electron chi connectivity index (χ0n) is 7.21. The summed E-state index contributed by atoms with van der Waals surface area (Å²) in [6, 6.07) is 3.60. The van der Waals surface area contributed by atoms with E-state index in [9.17, 15) is 0 Å². The van der Waals surface area contributed by atoms with Gasteiger partial charge in [0.2, 0.25) is 0 Å². The van der Waals surface area contributed by atoms with Gasteiger partial charge in [0.25, 0.3) is 0 Å². The van der Waals surface area contributed by atoms with Gasteiger partial charge in [-0.2, -0.15) is 10.5 Å². The van der Waals surface area contributed by atoms with Crippen molar-refractivity contribution in [3.63, 3.8) is 0 Å². The lowest BCUT2D eigenvalue weighted by molar-refractivity contribution is 0.145. The van der Waals surface area contributed by atoms with Gasteiger partial charge in [0.1, 0.15) is 17.7 Å². The summed E-state index contributed by atoms with van der Waals surface area (Å²) in [4.78, 5) is 0. The van der Waals surface area contributed by atoms with Crippen molar-refractivity contribution in [2.24, 2.45) is 0 Å². The van der Waals surface area contributed by atoms with E-state index < -0.39 is 0 Å². The van der Waals surface area contributed by atoms with Gasteiger partial charge in [-0.05, 0) is 19.8 Å². The van der Waals surface area contributed by atoms with Crippen LogP contribution in [-0.2, 0) is 4.74 Å².